The highest BCUT2D eigenvalue weighted by atomic mass is 32.2. The average molecular weight is 372 g/mol. The first-order valence-electron chi connectivity index (χ1n) is 8.56. The van der Waals surface area contributed by atoms with Gasteiger partial charge in [-0.05, 0) is 23.8 Å². The van der Waals surface area contributed by atoms with Gasteiger partial charge < -0.3 is 9.64 Å². The third-order valence-corrected chi connectivity index (χ3v) is 5.88. The molecule has 26 heavy (non-hydrogen) atoms. The number of hydrogen-bond acceptors (Lipinski definition) is 4. The van der Waals surface area contributed by atoms with Crippen molar-refractivity contribution in [2.24, 2.45) is 0 Å². The summed E-state index contributed by atoms with van der Waals surface area (Å²) in [6.07, 6.45) is 0. The summed E-state index contributed by atoms with van der Waals surface area (Å²) in [6, 6.07) is 15.9. The number of rotatable bonds is 6. The molecule has 0 aromatic heterocycles. The topological polar surface area (TPSA) is 83.6 Å². The number of ether oxygens (including phenoxy) is 1. The number of nitrogens with zero attached hydrogens (tertiary/aromatic N) is 1. The largest absolute Gasteiger partial charge is 0.370 e. The Morgan fingerprint density at radius 1 is 1.08 bits per heavy atom. The van der Waals surface area contributed by atoms with Gasteiger partial charge in [0.25, 0.3) is 0 Å². The van der Waals surface area contributed by atoms with Crippen LogP contribution in [0.25, 0.3) is 0 Å². The zero-order chi connectivity index (χ0) is 18.4. The van der Waals surface area contributed by atoms with Crippen molar-refractivity contribution in [3.63, 3.8) is 0 Å². The molecule has 0 spiro atoms. The minimum atomic E-state index is -3.67. The molecule has 6 nitrogen and oxygen atoms in total. The van der Waals surface area contributed by atoms with Gasteiger partial charge in [0.05, 0.1) is 29.7 Å². The van der Waals surface area contributed by atoms with E-state index >= 15 is 0 Å². The number of quaternary nitrogens is 1. The molecule has 0 aliphatic carbocycles. The molecule has 0 unspecified atom stereocenters. The molecule has 0 bridgehead atoms. The van der Waals surface area contributed by atoms with Gasteiger partial charge in [-0.3, -0.25) is 0 Å². The summed E-state index contributed by atoms with van der Waals surface area (Å²) in [5.41, 5.74) is 2.42. The third kappa shape index (κ3) is 4.68. The molecule has 2 N–H and O–H groups in total. The Labute approximate surface area is 154 Å². The van der Waals surface area contributed by atoms with Gasteiger partial charge in [0.2, 0.25) is 10.0 Å². The fraction of sp³-hybridized carbons (Fsp3) is 0.316. The lowest BCUT2D eigenvalue weighted by molar-refractivity contribution is -0.921. The van der Waals surface area contributed by atoms with Crippen molar-refractivity contribution in [1.82, 2.24) is 4.72 Å². The third-order valence-electron chi connectivity index (χ3n) is 4.48. The number of sulfonamides is 1. The van der Waals surface area contributed by atoms with Crippen LogP contribution in [0.1, 0.15) is 16.7 Å². The quantitative estimate of drug-likeness (QED) is 0.771. The molecule has 0 radical (unpaired) electrons. The first-order chi connectivity index (χ1) is 12.6. The average Bonchev–Trinajstić information content (AvgIpc) is 2.68. The normalized spacial score (nSPS) is 15.5. The maximum absolute atomic E-state index is 12.5. The zero-order valence-electron chi connectivity index (χ0n) is 14.4. The van der Waals surface area contributed by atoms with Gasteiger partial charge in [0.1, 0.15) is 19.6 Å². The summed E-state index contributed by atoms with van der Waals surface area (Å²) < 4.78 is 33.1. The van der Waals surface area contributed by atoms with Gasteiger partial charge in [-0.2, -0.15) is 5.26 Å². The molecule has 1 aliphatic rings. The second-order valence-corrected chi connectivity index (χ2v) is 8.04. The molecule has 7 heteroatoms. The Bertz CT molecular complexity index is 900. The standard InChI is InChI=1S/C19H21N3O3S/c20-13-16-4-3-7-19(12-16)26(23,24)21-14-17-5-1-2-6-18(17)15-22-8-10-25-11-9-22/h1-7,12,21H,8-11,14-15H2/p+1. The smallest absolute Gasteiger partial charge is 0.240 e. The van der Waals surface area contributed by atoms with E-state index in [1.807, 2.05) is 30.3 Å². The lowest BCUT2D eigenvalue weighted by atomic mass is 10.1. The van der Waals surface area contributed by atoms with Crippen molar-refractivity contribution in [2.45, 2.75) is 18.0 Å². The fourth-order valence-corrected chi connectivity index (χ4v) is 4.05. The van der Waals surface area contributed by atoms with E-state index in [0.717, 1.165) is 44.0 Å². The lowest BCUT2D eigenvalue weighted by Crippen LogP contribution is -3.12. The van der Waals surface area contributed by atoms with Gasteiger partial charge in [0.15, 0.2) is 0 Å². The monoisotopic (exact) mass is 372 g/mol. The van der Waals surface area contributed by atoms with Crippen LogP contribution >= 0.6 is 0 Å². The van der Waals surface area contributed by atoms with Gasteiger partial charge in [-0.1, -0.05) is 30.3 Å². The number of nitriles is 1. The molecule has 0 atom stereocenters. The van der Waals surface area contributed by atoms with Crippen molar-refractivity contribution in [2.75, 3.05) is 26.3 Å². The summed E-state index contributed by atoms with van der Waals surface area (Å²) >= 11 is 0. The fourth-order valence-electron chi connectivity index (χ4n) is 3.00. The van der Waals surface area contributed by atoms with Crippen LogP contribution in [0, 0.1) is 11.3 Å². The van der Waals surface area contributed by atoms with Crippen LogP contribution in [0.15, 0.2) is 53.4 Å². The first kappa shape index (κ1) is 18.5. The van der Waals surface area contributed by atoms with Crippen molar-refractivity contribution < 1.29 is 18.1 Å². The molecular formula is C19H22N3O3S+. The van der Waals surface area contributed by atoms with Gasteiger partial charge in [-0.15, -0.1) is 0 Å². The molecule has 1 heterocycles. The van der Waals surface area contributed by atoms with E-state index in [2.05, 4.69) is 4.72 Å². The van der Waals surface area contributed by atoms with Crippen LogP contribution in [0.2, 0.25) is 0 Å². The molecule has 0 saturated carbocycles. The summed E-state index contributed by atoms with van der Waals surface area (Å²) in [5.74, 6) is 0. The highest BCUT2D eigenvalue weighted by Crippen LogP contribution is 2.13. The minimum Gasteiger partial charge on any atom is -0.370 e. The molecular weight excluding hydrogens is 350 g/mol. The van der Waals surface area contributed by atoms with Crippen LogP contribution in [-0.2, 0) is 27.8 Å². The van der Waals surface area contributed by atoms with Crippen molar-refractivity contribution >= 4 is 10.0 Å². The minimum absolute atomic E-state index is 0.104. The Kier molecular flexibility index (Phi) is 6.01. The number of hydrogen-bond donors (Lipinski definition) is 2. The van der Waals surface area contributed by atoms with Gasteiger partial charge in [0, 0.05) is 12.1 Å². The van der Waals surface area contributed by atoms with E-state index < -0.39 is 10.0 Å². The van der Waals surface area contributed by atoms with Crippen LogP contribution in [0.4, 0.5) is 0 Å². The molecule has 1 saturated heterocycles. The van der Waals surface area contributed by atoms with Gasteiger partial charge >= 0.3 is 0 Å². The highest BCUT2D eigenvalue weighted by molar-refractivity contribution is 7.89. The summed E-state index contributed by atoms with van der Waals surface area (Å²) in [5, 5.41) is 8.95. The highest BCUT2D eigenvalue weighted by Gasteiger charge is 2.18. The second kappa shape index (κ2) is 8.43. The second-order valence-electron chi connectivity index (χ2n) is 6.27. The van der Waals surface area contributed by atoms with Crippen LogP contribution < -0.4 is 9.62 Å². The summed E-state index contributed by atoms with van der Waals surface area (Å²) in [7, 11) is -3.67. The lowest BCUT2D eigenvalue weighted by Gasteiger charge is -2.24. The predicted molar refractivity (Wildman–Crippen MR) is 96.8 cm³/mol. The Hall–Kier alpha value is -2.24. The molecule has 2 aromatic carbocycles. The van der Waals surface area contributed by atoms with E-state index in [1.54, 1.807) is 12.1 Å². The molecule has 1 aliphatic heterocycles. The van der Waals surface area contributed by atoms with Crippen molar-refractivity contribution in [1.29, 1.82) is 5.26 Å². The SMILES string of the molecule is N#Cc1cccc(S(=O)(=O)NCc2ccccc2C[NH+]2CCOCC2)c1. The zero-order valence-corrected chi connectivity index (χ0v) is 15.3. The molecule has 136 valence electrons. The van der Waals surface area contributed by atoms with Crippen molar-refractivity contribution in [3.8, 4) is 6.07 Å². The number of benzene rings is 2. The van der Waals surface area contributed by atoms with E-state index in [1.165, 1.54) is 17.0 Å². The van der Waals surface area contributed by atoms with Crippen LogP contribution in [0.5, 0.6) is 0 Å². The molecule has 1 fully saturated rings. The van der Waals surface area contributed by atoms with E-state index in [9.17, 15) is 8.42 Å². The van der Waals surface area contributed by atoms with Crippen LogP contribution in [0.3, 0.4) is 0 Å². The van der Waals surface area contributed by atoms with Gasteiger partial charge in [-0.25, -0.2) is 13.1 Å². The Balaban J connectivity index is 1.71. The van der Waals surface area contributed by atoms with E-state index in [0.29, 0.717) is 5.56 Å². The van der Waals surface area contributed by atoms with E-state index in [4.69, 9.17) is 10.00 Å². The predicted octanol–water partition coefficient (Wildman–Crippen LogP) is 0.452. The maximum Gasteiger partial charge on any atom is 0.240 e. The van der Waals surface area contributed by atoms with Crippen LogP contribution in [-0.4, -0.2) is 34.7 Å². The van der Waals surface area contributed by atoms with E-state index in [-0.39, 0.29) is 11.4 Å². The molecule has 3 rings (SSSR count). The van der Waals surface area contributed by atoms with Crippen molar-refractivity contribution in [3.05, 3.63) is 65.2 Å². The summed E-state index contributed by atoms with van der Waals surface area (Å²) in [4.78, 5) is 1.54. The number of nitrogens with one attached hydrogen (secondary N) is 2. The maximum atomic E-state index is 12.5. The first-order valence-corrected chi connectivity index (χ1v) is 10.0. The Morgan fingerprint density at radius 3 is 2.54 bits per heavy atom. The Morgan fingerprint density at radius 2 is 1.81 bits per heavy atom. The molecule has 2 aromatic rings. The summed E-state index contributed by atoms with van der Waals surface area (Å²) in [6.45, 7) is 4.52. The molecule has 0 amide bonds. The number of morpholine rings is 1.